The van der Waals surface area contributed by atoms with E-state index in [4.69, 9.17) is 29.0 Å². The van der Waals surface area contributed by atoms with E-state index >= 15 is 0 Å². The summed E-state index contributed by atoms with van der Waals surface area (Å²) in [6, 6.07) is 5.64. The van der Waals surface area contributed by atoms with Crippen LogP contribution in [0.2, 0.25) is 10.0 Å². The molecule has 0 aliphatic rings. The largest absolute Gasteiger partial charge is 0.271 e. The molecule has 17 heavy (non-hydrogen) atoms. The highest BCUT2D eigenvalue weighted by Crippen LogP contribution is 2.31. The molecule has 1 rings (SSSR count). The maximum absolute atomic E-state index is 6.19. The lowest BCUT2D eigenvalue weighted by Gasteiger charge is -2.22. The fourth-order valence-corrected chi connectivity index (χ4v) is 2.56. The quantitative estimate of drug-likeness (QED) is 0.599. The second-order valence-electron chi connectivity index (χ2n) is 4.30. The third kappa shape index (κ3) is 4.14. The molecule has 1 unspecified atom stereocenters. The number of nitrogens with one attached hydrogen (secondary N) is 1. The molecule has 0 fully saturated rings. The van der Waals surface area contributed by atoms with Crippen molar-refractivity contribution in [1.29, 1.82) is 0 Å². The van der Waals surface area contributed by atoms with Crippen molar-refractivity contribution in [3.63, 3.8) is 0 Å². The predicted molar refractivity (Wildman–Crippen MR) is 75.2 cm³/mol. The van der Waals surface area contributed by atoms with Gasteiger partial charge in [-0.25, -0.2) is 0 Å². The summed E-state index contributed by atoms with van der Waals surface area (Å²) in [6.07, 6.45) is 3.30. The number of rotatable bonds is 6. The highest BCUT2D eigenvalue weighted by Gasteiger charge is 2.17. The molecule has 0 spiro atoms. The van der Waals surface area contributed by atoms with Crippen molar-refractivity contribution in [1.82, 2.24) is 5.43 Å². The summed E-state index contributed by atoms with van der Waals surface area (Å²) in [5, 5.41) is 1.32. The van der Waals surface area contributed by atoms with E-state index in [9.17, 15) is 0 Å². The Kier molecular flexibility index (Phi) is 6.28. The average Bonchev–Trinajstić information content (AvgIpc) is 2.32. The van der Waals surface area contributed by atoms with Crippen LogP contribution in [0.15, 0.2) is 18.2 Å². The topological polar surface area (TPSA) is 38.0 Å². The van der Waals surface area contributed by atoms with Crippen molar-refractivity contribution < 1.29 is 0 Å². The van der Waals surface area contributed by atoms with Gasteiger partial charge in [-0.1, -0.05) is 56.0 Å². The molecule has 0 saturated carbocycles. The van der Waals surface area contributed by atoms with Crippen molar-refractivity contribution >= 4 is 23.2 Å². The molecular formula is C13H20Cl2N2. The first kappa shape index (κ1) is 14.8. The molecule has 0 aliphatic carbocycles. The lowest BCUT2D eigenvalue weighted by Crippen LogP contribution is -2.29. The lowest BCUT2D eigenvalue weighted by molar-refractivity contribution is 0.375. The van der Waals surface area contributed by atoms with Gasteiger partial charge in [0.2, 0.25) is 0 Å². The van der Waals surface area contributed by atoms with Crippen molar-refractivity contribution in [2.45, 2.75) is 39.2 Å². The smallest absolute Gasteiger partial charge is 0.0477 e. The molecule has 3 N–H and O–H groups in total. The Morgan fingerprint density at radius 2 is 1.88 bits per heavy atom. The van der Waals surface area contributed by atoms with Crippen LogP contribution < -0.4 is 11.3 Å². The summed E-state index contributed by atoms with van der Waals surface area (Å²) in [5.41, 5.74) is 3.87. The number of hydrogen-bond acceptors (Lipinski definition) is 2. The maximum Gasteiger partial charge on any atom is 0.0477 e. The molecule has 96 valence electrons. The Morgan fingerprint density at radius 3 is 2.35 bits per heavy atom. The molecule has 1 atom stereocenters. The Hall–Kier alpha value is -0.280. The molecule has 0 bridgehead atoms. The first-order valence-electron chi connectivity index (χ1n) is 6.03. The zero-order valence-corrected chi connectivity index (χ0v) is 11.9. The first-order chi connectivity index (χ1) is 8.12. The van der Waals surface area contributed by atoms with Gasteiger partial charge < -0.3 is 0 Å². The Balaban J connectivity index is 2.85. The van der Waals surface area contributed by atoms with E-state index in [0.29, 0.717) is 16.0 Å². The van der Waals surface area contributed by atoms with Gasteiger partial charge in [-0.05, 0) is 30.0 Å². The Bertz CT molecular complexity index is 351. The van der Waals surface area contributed by atoms with Gasteiger partial charge in [-0.2, -0.15) is 0 Å². The van der Waals surface area contributed by atoms with Crippen LogP contribution >= 0.6 is 23.2 Å². The highest BCUT2D eigenvalue weighted by molar-refractivity contribution is 6.35. The van der Waals surface area contributed by atoms with Gasteiger partial charge in [0.25, 0.3) is 0 Å². The molecule has 1 aromatic carbocycles. The summed E-state index contributed by atoms with van der Waals surface area (Å²) in [6.45, 7) is 4.40. The average molecular weight is 275 g/mol. The van der Waals surface area contributed by atoms with Crippen LogP contribution in [0.3, 0.4) is 0 Å². The Morgan fingerprint density at radius 1 is 1.24 bits per heavy atom. The number of halogens is 2. The standard InChI is InChI=1S/C13H20Cl2N2/c1-3-9(4-2)7-13(17-16)11-6-5-10(14)8-12(11)15/h5-6,8-9,13,17H,3-4,7,16H2,1-2H3. The van der Waals surface area contributed by atoms with Gasteiger partial charge in [0.05, 0.1) is 0 Å². The van der Waals surface area contributed by atoms with Crippen molar-refractivity contribution in [3.05, 3.63) is 33.8 Å². The van der Waals surface area contributed by atoms with Crippen LogP contribution in [0.5, 0.6) is 0 Å². The number of nitrogens with two attached hydrogens (primary N) is 1. The minimum atomic E-state index is 0.0877. The second-order valence-corrected chi connectivity index (χ2v) is 5.15. The van der Waals surface area contributed by atoms with Gasteiger partial charge in [-0.15, -0.1) is 0 Å². The third-order valence-electron chi connectivity index (χ3n) is 3.26. The molecule has 4 heteroatoms. The fraction of sp³-hybridized carbons (Fsp3) is 0.538. The van der Waals surface area contributed by atoms with Gasteiger partial charge in [0, 0.05) is 16.1 Å². The molecule has 1 aromatic rings. The summed E-state index contributed by atoms with van der Waals surface area (Å²) in [4.78, 5) is 0. The van der Waals surface area contributed by atoms with E-state index in [0.717, 1.165) is 24.8 Å². The third-order valence-corrected chi connectivity index (χ3v) is 3.83. The number of hydrazine groups is 1. The lowest BCUT2D eigenvalue weighted by atomic mass is 9.91. The van der Waals surface area contributed by atoms with Gasteiger partial charge in [-0.3, -0.25) is 11.3 Å². The summed E-state index contributed by atoms with van der Waals surface area (Å²) in [7, 11) is 0. The van der Waals surface area contributed by atoms with Crippen LogP contribution in [0, 0.1) is 5.92 Å². The summed E-state index contributed by atoms with van der Waals surface area (Å²) < 4.78 is 0. The number of benzene rings is 1. The molecular weight excluding hydrogens is 255 g/mol. The normalized spacial score (nSPS) is 13.1. The van der Waals surface area contributed by atoms with E-state index in [1.807, 2.05) is 12.1 Å². The molecule has 0 radical (unpaired) electrons. The van der Waals surface area contributed by atoms with Gasteiger partial charge in [0.15, 0.2) is 0 Å². The molecule has 0 heterocycles. The van der Waals surface area contributed by atoms with Gasteiger partial charge in [0.1, 0.15) is 0 Å². The fourth-order valence-electron chi connectivity index (χ4n) is 2.02. The highest BCUT2D eigenvalue weighted by atomic mass is 35.5. The SMILES string of the molecule is CCC(CC)CC(NN)c1ccc(Cl)cc1Cl. The minimum Gasteiger partial charge on any atom is -0.271 e. The molecule has 0 amide bonds. The molecule has 0 aromatic heterocycles. The monoisotopic (exact) mass is 274 g/mol. The first-order valence-corrected chi connectivity index (χ1v) is 6.79. The molecule has 0 aliphatic heterocycles. The van der Waals surface area contributed by atoms with Gasteiger partial charge >= 0.3 is 0 Å². The summed E-state index contributed by atoms with van der Waals surface area (Å²) >= 11 is 12.1. The van der Waals surface area contributed by atoms with E-state index in [-0.39, 0.29) is 6.04 Å². The van der Waals surface area contributed by atoms with Crippen LogP contribution in [0.1, 0.15) is 44.7 Å². The predicted octanol–water partition coefficient (Wildman–Crippen LogP) is 4.32. The minimum absolute atomic E-state index is 0.0877. The zero-order valence-electron chi connectivity index (χ0n) is 10.3. The summed E-state index contributed by atoms with van der Waals surface area (Å²) in [5.74, 6) is 6.28. The van der Waals surface area contributed by atoms with E-state index in [1.165, 1.54) is 0 Å². The maximum atomic E-state index is 6.19. The van der Waals surface area contributed by atoms with Crippen molar-refractivity contribution in [2.75, 3.05) is 0 Å². The molecule has 2 nitrogen and oxygen atoms in total. The van der Waals surface area contributed by atoms with E-state index in [2.05, 4.69) is 19.3 Å². The van der Waals surface area contributed by atoms with Crippen LogP contribution in [0.25, 0.3) is 0 Å². The Labute approximate surface area is 113 Å². The van der Waals surface area contributed by atoms with E-state index < -0.39 is 0 Å². The number of hydrogen-bond donors (Lipinski definition) is 2. The van der Waals surface area contributed by atoms with Crippen molar-refractivity contribution in [3.8, 4) is 0 Å². The van der Waals surface area contributed by atoms with Crippen LogP contribution in [-0.2, 0) is 0 Å². The van der Waals surface area contributed by atoms with Crippen LogP contribution in [-0.4, -0.2) is 0 Å². The van der Waals surface area contributed by atoms with E-state index in [1.54, 1.807) is 6.07 Å². The molecule has 0 saturated heterocycles. The van der Waals surface area contributed by atoms with Crippen molar-refractivity contribution in [2.24, 2.45) is 11.8 Å². The van der Waals surface area contributed by atoms with Crippen LogP contribution in [0.4, 0.5) is 0 Å². The second kappa shape index (κ2) is 7.22. The zero-order chi connectivity index (χ0) is 12.8.